The highest BCUT2D eigenvalue weighted by Gasteiger charge is 2.22. The molecule has 8 nitrogen and oxygen atoms in total. The summed E-state index contributed by atoms with van der Waals surface area (Å²) in [4.78, 5) is 24.5. The summed E-state index contributed by atoms with van der Waals surface area (Å²) in [5.41, 5.74) is 0.468. The average Bonchev–Trinajstić information content (AvgIpc) is 2.60. The summed E-state index contributed by atoms with van der Waals surface area (Å²) in [5, 5.41) is 8.60. The molecule has 2 rings (SSSR count). The standard InChI is InChI=1S/C17H24N2O6S/c1-26(23,24)19-10-8-18(9-11-19)12-13-25-15-4-2-14(3-5-15)16(20)6-7-17(21)22/h2-5H,6-13H2,1H3,(H,21,22). The Morgan fingerprint density at radius 3 is 2.23 bits per heavy atom. The molecule has 0 aromatic heterocycles. The van der Waals surface area contributed by atoms with Gasteiger partial charge >= 0.3 is 5.97 Å². The third-order valence-corrected chi connectivity index (χ3v) is 5.52. The molecular weight excluding hydrogens is 360 g/mol. The molecule has 1 N–H and O–H groups in total. The number of hydrogen-bond donors (Lipinski definition) is 1. The van der Waals surface area contributed by atoms with E-state index in [4.69, 9.17) is 9.84 Å². The first-order chi connectivity index (χ1) is 12.3. The van der Waals surface area contributed by atoms with Crippen LogP contribution in [0.2, 0.25) is 0 Å². The van der Waals surface area contributed by atoms with Crippen LogP contribution in [0.5, 0.6) is 5.75 Å². The number of rotatable bonds is 9. The Morgan fingerprint density at radius 2 is 1.69 bits per heavy atom. The van der Waals surface area contributed by atoms with E-state index < -0.39 is 16.0 Å². The number of piperazine rings is 1. The van der Waals surface area contributed by atoms with Gasteiger partial charge in [0.2, 0.25) is 10.0 Å². The third-order valence-electron chi connectivity index (χ3n) is 4.22. The molecule has 26 heavy (non-hydrogen) atoms. The Labute approximate surface area is 153 Å². The van der Waals surface area contributed by atoms with E-state index in [9.17, 15) is 18.0 Å². The van der Waals surface area contributed by atoms with E-state index in [1.165, 1.54) is 10.6 Å². The molecule has 0 atom stereocenters. The number of hydrogen-bond acceptors (Lipinski definition) is 6. The van der Waals surface area contributed by atoms with Gasteiger partial charge in [0.25, 0.3) is 0 Å². The molecule has 1 aromatic carbocycles. The molecule has 0 spiro atoms. The fraction of sp³-hybridized carbons (Fsp3) is 0.529. The van der Waals surface area contributed by atoms with Gasteiger partial charge in [0.05, 0.1) is 12.7 Å². The highest BCUT2D eigenvalue weighted by molar-refractivity contribution is 7.88. The molecule has 144 valence electrons. The number of carbonyl (C=O) groups excluding carboxylic acids is 1. The van der Waals surface area contributed by atoms with Crippen LogP contribution >= 0.6 is 0 Å². The lowest BCUT2D eigenvalue weighted by Gasteiger charge is -2.33. The van der Waals surface area contributed by atoms with Crippen LogP contribution < -0.4 is 4.74 Å². The van der Waals surface area contributed by atoms with Crippen molar-refractivity contribution >= 4 is 21.8 Å². The lowest BCUT2D eigenvalue weighted by atomic mass is 10.1. The maximum absolute atomic E-state index is 11.8. The van der Waals surface area contributed by atoms with Crippen LogP contribution in [0.1, 0.15) is 23.2 Å². The number of ether oxygens (including phenoxy) is 1. The van der Waals surface area contributed by atoms with Crippen molar-refractivity contribution in [3.63, 3.8) is 0 Å². The second-order valence-electron chi connectivity index (χ2n) is 6.19. The topological polar surface area (TPSA) is 104 Å². The van der Waals surface area contributed by atoms with Crippen molar-refractivity contribution in [2.45, 2.75) is 12.8 Å². The predicted octanol–water partition coefficient (Wildman–Crippen LogP) is 0.690. The van der Waals surface area contributed by atoms with E-state index in [0.29, 0.717) is 50.6 Å². The van der Waals surface area contributed by atoms with Crippen LogP contribution in [0.3, 0.4) is 0 Å². The van der Waals surface area contributed by atoms with E-state index in [1.54, 1.807) is 24.3 Å². The number of benzene rings is 1. The van der Waals surface area contributed by atoms with Gasteiger partial charge in [0.1, 0.15) is 12.4 Å². The zero-order chi connectivity index (χ0) is 19.2. The molecule has 1 aliphatic rings. The zero-order valence-electron chi connectivity index (χ0n) is 14.8. The Morgan fingerprint density at radius 1 is 1.08 bits per heavy atom. The van der Waals surface area contributed by atoms with Crippen molar-refractivity contribution in [2.75, 3.05) is 45.6 Å². The largest absolute Gasteiger partial charge is 0.492 e. The van der Waals surface area contributed by atoms with Crippen LogP contribution in [-0.2, 0) is 14.8 Å². The summed E-state index contributed by atoms with van der Waals surface area (Å²) in [6, 6.07) is 6.64. The fourth-order valence-electron chi connectivity index (χ4n) is 2.68. The van der Waals surface area contributed by atoms with Gasteiger partial charge in [-0.3, -0.25) is 14.5 Å². The minimum Gasteiger partial charge on any atom is -0.492 e. The Balaban J connectivity index is 1.72. The quantitative estimate of drug-likeness (QED) is 0.625. The molecule has 0 radical (unpaired) electrons. The smallest absolute Gasteiger partial charge is 0.303 e. The summed E-state index contributed by atoms with van der Waals surface area (Å²) >= 11 is 0. The van der Waals surface area contributed by atoms with Crippen molar-refractivity contribution in [3.05, 3.63) is 29.8 Å². The van der Waals surface area contributed by atoms with Gasteiger partial charge in [0.15, 0.2) is 5.78 Å². The molecule has 1 saturated heterocycles. The summed E-state index contributed by atoms with van der Waals surface area (Å²) in [6.45, 7) is 3.49. The van der Waals surface area contributed by atoms with E-state index in [1.807, 2.05) is 0 Å². The normalized spacial score (nSPS) is 16.3. The SMILES string of the molecule is CS(=O)(=O)N1CCN(CCOc2ccc(C(=O)CCC(=O)O)cc2)CC1. The first kappa shape index (κ1) is 20.3. The average molecular weight is 384 g/mol. The minimum absolute atomic E-state index is 0.0189. The summed E-state index contributed by atoms with van der Waals surface area (Å²) in [7, 11) is -3.12. The van der Waals surface area contributed by atoms with Crippen LogP contribution in [0, 0.1) is 0 Å². The third kappa shape index (κ3) is 6.40. The van der Waals surface area contributed by atoms with E-state index in [0.717, 1.165) is 0 Å². The molecule has 1 aromatic rings. The number of carbonyl (C=O) groups is 2. The van der Waals surface area contributed by atoms with Crippen molar-refractivity contribution < 1.29 is 27.9 Å². The van der Waals surface area contributed by atoms with Crippen LogP contribution in [0.25, 0.3) is 0 Å². The molecule has 0 unspecified atom stereocenters. The van der Waals surface area contributed by atoms with Crippen LogP contribution in [-0.4, -0.2) is 80.1 Å². The van der Waals surface area contributed by atoms with Gasteiger partial charge in [-0.15, -0.1) is 0 Å². The van der Waals surface area contributed by atoms with Crippen molar-refractivity contribution in [2.24, 2.45) is 0 Å². The molecule has 9 heteroatoms. The highest BCUT2D eigenvalue weighted by Crippen LogP contribution is 2.14. The van der Waals surface area contributed by atoms with Gasteiger partial charge in [-0.25, -0.2) is 8.42 Å². The number of carboxylic acids is 1. The molecule has 1 heterocycles. The molecule has 0 aliphatic carbocycles. The van der Waals surface area contributed by atoms with Crippen LogP contribution in [0.4, 0.5) is 0 Å². The van der Waals surface area contributed by atoms with Crippen LogP contribution in [0.15, 0.2) is 24.3 Å². The maximum Gasteiger partial charge on any atom is 0.303 e. The lowest BCUT2D eigenvalue weighted by Crippen LogP contribution is -2.49. The van der Waals surface area contributed by atoms with Crippen molar-refractivity contribution in [3.8, 4) is 5.75 Å². The summed E-state index contributed by atoms with van der Waals surface area (Å²) < 4.78 is 30.1. The first-order valence-electron chi connectivity index (χ1n) is 8.41. The Bertz CT molecular complexity index is 724. The highest BCUT2D eigenvalue weighted by atomic mass is 32.2. The summed E-state index contributed by atoms with van der Waals surface area (Å²) in [5.74, 6) is -0.562. The fourth-order valence-corrected chi connectivity index (χ4v) is 3.51. The number of nitrogens with zero attached hydrogens (tertiary/aromatic N) is 2. The molecule has 0 amide bonds. The van der Waals surface area contributed by atoms with Gasteiger partial charge in [-0.1, -0.05) is 0 Å². The number of aliphatic carboxylic acids is 1. The Kier molecular flexibility index (Phi) is 7.13. The summed E-state index contributed by atoms with van der Waals surface area (Å²) in [6.07, 6.45) is 1.03. The van der Waals surface area contributed by atoms with Crippen molar-refractivity contribution in [1.82, 2.24) is 9.21 Å². The van der Waals surface area contributed by atoms with Crippen molar-refractivity contribution in [1.29, 1.82) is 0 Å². The molecule has 1 aliphatic heterocycles. The van der Waals surface area contributed by atoms with E-state index in [-0.39, 0.29) is 18.6 Å². The number of carboxylic acid groups (broad SMARTS) is 1. The van der Waals surface area contributed by atoms with Gasteiger partial charge in [0, 0.05) is 44.7 Å². The number of sulfonamides is 1. The van der Waals surface area contributed by atoms with Gasteiger partial charge < -0.3 is 9.84 Å². The first-order valence-corrected chi connectivity index (χ1v) is 10.3. The number of ketones is 1. The second-order valence-corrected chi connectivity index (χ2v) is 8.18. The molecule has 0 bridgehead atoms. The second kappa shape index (κ2) is 9.11. The van der Waals surface area contributed by atoms with E-state index >= 15 is 0 Å². The lowest BCUT2D eigenvalue weighted by molar-refractivity contribution is -0.136. The molecule has 0 saturated carbocycles. The predicted molar refractivity (Wildman–Crippen MR) is 96.0 cm³/mol. The van der Waals surface area contributed by atoms with E-state index in [2.05, 4.69) is 4.90 Å². The Hall–Kier alpha value is -1.97. The monoisotopic (exact) mass is 384 g/mol. The molecular formula is C17H24N2O6S. The molecule has 1 fully saturated rings. The zero-order valence-corrected chi connectivity index (χ0v) is 15.6. The van der Waals surface area contributed by atoms with Gasteiger partial charge in [-0.2, -0.15) is 4.31 Å². The number of Topliss-reactive ketones (excluding diaryl/α,β-unsaturated/α-hetero) is 1. The minimum atomic E-state index is -3.12. The maximum atomic E-state index is 11.8. The van der Waals surface area contributed by atoms with Gasteiger partial charge in [-0.05, 0) is 24.3 Å².